The molecule has 0 radical (unpaired) electrons. The van der Waals surface area contributed by atoms with Crippen LogP contribution in [0.25, 0.3) is 0 Å². The van der Waals surface area contributed by atoms with E-state index in [1.807, 2.05) is 6.92 Å². The van der Waals surface area contributed by atoms with Crippen LogP contribution in [-0.4, -0.2) is 34.7 Å². The molecule has 0 bridgehead atoms. The molecule has 0 saturated carbocycles. The summed E-state index contributed by atoms with van der Waals surface area (Å²) in [6.07, 6.45) is 0. The van der Waals surface area contributed by atoms with Crippen LogP contribution >= 0.6 is 11.8 Å². The van der Waals surface area contributed by atoms with Gasteiger partial charge in [-0.2, -0.15) is 11.8 Å². The van der Waals surface area contributed by atoms with Gasteiger partial charge >= 0.3 is 0 Å². The van der Waals surface area contributed by atoms with Crippen LogP contribution in [0.4, 0.5) is 11.4 Å². The number of nitrogens with zero attached hydrogens (tertiary/aromatic N) is 1. The predicted octanol–water partition coefficient (Wildman–Crippen LogP) is 2.04. The number of aryl methyl sites for hydroxylation is 1. The van der Waals surface area contributed by atoms with E-state index in [2.05, 4.69) is 5.32 Å². The smallest absolute Gasteiger partial charge is 0.269 e. The molecule has 94 valence electrons. The molecule has 0 saturated heterocycles. The van der Waals surface area contributed by atoms with Gasteiger partial charge in [0.2, 0.25) is 0 Å². The second-order valence-electron chi connectivity index (χ2n) is 3.52. The van der Waals surface area contributed by atoms with Gasteiger partial charge in [-0.15, -0.1) is 0 Å². The van der Waals surface area contributed by atoms with Crippen molar-refractivity contribution in [3.05, 3.63) is 33.9 Å². The minimum absolute atomic E-state index is 0.114. The minimum Gasteiger partial charge on any atom is -0.396 e. The third-order valence-corrected chi connectivity index (χ3v) is 3.18. The fraction of sp³-hybridized carbons (Fsp3) is 0.455. The van der Waals surface area contributed by atoms with Crippen LogP contribution < -0.4 is 5.32 Å². The second kappa shape index (κ2) is 7.13. The Kier molecular flexibility index (Phi) is 5.79. The van der Waals surface area contributed by atoms with Crippen LogP contribution in [0, 0.1) is 17.0 Å². The fourth-order valence-electron chi connectivity index (χ4n) is 1.38. The molecule has 0 amide bonds. The van der Waals surface area contributed by atoms with Crippen molar-refractivity contribution in [1.82, 2.24) is 0 Å². The molecule has 1 rings (SSSR count). The molecule has 0 spiro atoms. The van der Waals surface area contributed by atoms with Gasteiger partial charge in [-0.05, 0) is 18.6 Å². The van der Waals surface area contributed by atoms with Gasteiger partial charge in [0.05, 0.1) is 11.5 Å². The standard InChI is InChI=1S/C11H16N2O3S/c1-9-8-10(13(15)16)2-3-11(9)12-4-6-17-7-5-14/h2-3,8,12,14H,4-7H2,1H3. The summed E-state index contributed by atoms with van der Waals surface area (Å²) in [5.41, 5.74) is 1.90. The number of hydrogen-bond acceptors (Lipinski definition) is 5. The molecular formula is C11H16N2O3S. The van der Waals surface area contributed by atoms with E-state index in [1.54, 1.807) is 23.9 Å². The number of benzene rings is 1. The summed E-state index contributed by atoms with van der Waals surface area (Å²) in [6.45, 7) is 2.82. The number of anilines is 1. The summed E-state index contributed by atoms with van der Waals surface area (Å²) in [4.78, 5) is 10.2. The lowest BCUT2D eigenvalue weighted by molar-refractivity contribution is -0.384. The van der Waals surface area contributed by atoms with E-state index >= 15 is 0 Å². The van der Waals surface area contributed by atoms with Crippen LogP contribution in [0.1, 0.15) is 5.56 Å². The first-order valence-corrected chi connectivity index (χ1v) is 6.48. The highest BCUT2D eigenvalue weighted by atomic mass is 32.2. The molecule has 6 heteroatoms. The molecule has 2 N–H and O–H groups in total. The number of thioether (sulfide) groups is 1. The van der Waals surface area contributed by atoms with Crippen molar-refractivity contribution in [2.75, 3.05) is 30.0 Å². The van der Waals surface area contributed by atoms with E-state index in [1.165, 1.54) is 6.07 Å². The largest absolute Gasteiger partial charge is 0.396 e. The summed E-state index contributed by atoms with van der Waals surface area (Å²) in [7, 11) is 0. The highest BCUT2D eigenvalue weighted by Gasteiger charge is 2.07. The minimum atomic E-state index is -0.395. The average molecular weight is 256 g/mol. The molecule has 0 unspecified atom stereocenters. The Morgan fingerprint density at radius 2 is 2.24 bits per heavy atom. The number of non-ortho nitro benzene ring substituents is 1. The van der Waals surface area contributed by atoms with Crippen LogP contribution in [0.2, 0.25) is 0 Å². The Balaban J connectivity index is 2.46. The molecule has 0 fully saturated rings. The maximum atomic E-state index is 10.6. The normalized spacial score (nSPS) is 10.2. The third-order valence-electron chi connectivity index (χ3n) is 2.22. The number of aliphatic hydroxyl groups excluding tert-OH is 1. The van der Waals surface area contributed by atoms with Crippen molar-refractivity contribution in [2.45, 2.75) is 6.92 Å². The maximum absolute atomic E-state index is 10.6. The van der Waals surface area contributed by atoms with Crippen LogP contribution in [0.15, 0.2) is 18.2 Å². The number of nitro groups is 1. The van der Waals surface area contributed by atoms with Crippen molar-refractivity contribution in [2.24, 2.45) is 0 Å². The van der Waals surface area contributed by atoms with E-state index in [0.29, 0.717) is 0 Å². The van der Waals surface area contributed by atoms with E-state index in [0.717, 1.165) is 29.3 Å². The van der Waals surface area contributed by atoms with Gasteiger partial charge in [0.15, 0.2) is 0 Å². The Morgan fingerprint density at radius 3 is 2.82 bits per heavy atom. The Labute approximate surface area is 104 Å². The van der Waals surface area contributed by atoms with Gasteiger partial charge in [-0.3, -0.25) is 10.1 Å². The maximum Gasteiger partial charge on any atom is 0.269 e. The predicted molar refractivity (Wildman–Crippen MR) is 70.7 cm³/mol. The number of hydrogen-bond donors (Lipinski definition) is 2. The first-order valence-electron chi connectivity index (χ1n) is 5.32. The monoisotopic (exact) mass is 256 g/mol. The lowest BCUT2D eigenvalue weighted by Crippen LogP contribution is -2.06. The Bertz CT molecular complexity index is 385. The van der Waals surface area contributed by atoms with Gasteiger partial charge < -0.3 is 10.4 Å². The first-order chi connectivity index (χ1) is 8.15. The topological polar surface area (TPSA) is 75.4 Å². The zero-order chi connectivity index (χ0) is 12.7. The van der Waals surface area contributed by atoms with Gasteiger partial charge in [0, 0.05) is 35.9 Å². The summed E-state index contributed by atoms with van der Waals surface area (Å²) < 4.78 is 0. The molecule has 0 atom stereocenters. The Hall–Kier alpha value is -1.27. The lowest BCUT2D eigenvalue weighted by atomic mass is 10.2. The zero-order valence-electron chi connectivity index (χ0n) is 9.68. The summed E-state index contributed by atoms with van der Waals surface area (Å²) >= 11 is 1.67. The average Bonchev–Trinajstić information content (AvgIpc) is 2.30. The summed E-state index contributed by atoms with van der Waals surface area (Å²) in [5.74, 6) is 1.64. The number of rotatable bonds is 7. The second-order valence-corrected chi connectivity index (χ2v) is 4.74. The van der Waals surface area contributed by atoms with Crippen molar-refractivity contribution in [1.29, 1.82) is 0 Å². The molecule has 0 aliphatic rings. The highest BCUT2D eigenvalue weighted by molar-refractivity contribution is 7.99. The lowest BCUT2D eigenvalue weighted by Gasteiger charge is -2.08. The molecule has 0 aliphatic carbocycles. The van der Waals surface area contributed by atoms with Crippen molar-refractivity contribution >= 4 is 23.1 Å². The van der Waals surface area contributed by atoms with Crippen molar-refractivity contribution in [3.8, 4) is 0 Å². The van der Waals surface area contributed by atoms with Gasteiger partial charge in [0.25, 0.3) is 5.69 Å². The van der Waals surface area contributed by atoms with E-state index in [4.69, 9.17) is 5.11 Å². The SMILES string of the molecule is Cc1cc([N+](=O)[O-])ccc1NCCSCCO. The molecule has 0 aliphatic heterocycles. The number of aliphatic hydroxyl groups is 1. The van der Waals surface area contributed by atoms with Gasteiger partial charge in [-0.25, -0.2) is 0 Å². The Morgan fingerprint density at radius 1 is 1.47 bits per heavy atom. The van der Waals surface area contributed by atoms with Crippen molar-refractivity contribution in [3.63, 3.8) is 0 Å². The zero-order valence-corrected chi connectivity index (χ0v) is 10.5. The van der Waals surface area contributed by atoms with Gasteiger partial charge in [0.1, 0.15) is 0 Å². The molecule has 0 aromatic heterocycles. The quantitative estimate of drug-likeness (QED) is 0.443. The molecule has 0 heterocycles. The number of nitrogens with one attached hydrogen (secondary N) is 1. The van der Waals surface area contributed by atoms with Gasteiger partial charge in [-0.1, -0.05) is 0 Å². The van der Waals surface area contributed by atoms with Crippen LogP contribution in [0.3, 0.4) is 0 Å². The molecule has 5 nitrogen and oxygen atoms in total. The van der Waals surface area contributed by atoms with Crippen LogP contribution in [-0.2, 0) is 0 Å². The van der Waals surface area contributed by atoms with Crippen LogP contribution in [0.5, 0.6) is 0 Å². The highest BCUT2D eigenvalue weighted by Crippen LogP contribution is 2.20. The summed E-state index contributed by atoms with van der Waals surface area (Å²) in [5, 5.41) is 22.4. The van der Waals surface area contributed by atoms with E-state index in [-0.39, 0.29) is 12.3 Å². The van der Waals surface area contributed by atoms with Crippen molar-refractivity contribution < 1.29 is 10.0 Å². The number of nitro benzene ring substituents is 1. The van der Waals surface area contributed by atoms with E-state index < -0.39 is 4.92 Å². The van der Waals surface area contributed by atoms with E-state index in [9.17, 15) is 10.1 Å². The first kappa shape index (κ1) is 13.8. The third kappa shape index (κ3) is 4.62. The fourth-order valence-corrected chi connectivity index (χ4v) is 1.96. The molecular weight excluding hydrogens is 240 g/mol. The molecule has 1 aromatic carbocycles. The summed E-state index contributed by atoms with van der Waals surface area (Å²) in [6, 6.07) is 4.78. The molecule has 17 heavy (non-hydrogen) atoms. The molecule has 1 aromatic rings.